The minimum absolute atomic E-state index is 0.00230. The monoisotopic (exact) mass is 444 g/mol. The first kappa shape index (κ1) is 21.6. The number of piperazine rings is 1. The van der Waals surface area contributed by atoms with Gasteiger partial charge < -0.3 is 15.1 Å². The minimum Gasteiger partial charge on any atom is -0.338 e. The molecule has 3 amide bonds. The molecule has 1 N–H and O–H groups in total. The number of carbonyl (C=O) groups is 2. The van der Waals surface area contributed by atoms with Crippen LogP contribution in [0.3, 0.4) is 0 Å². The summed E-state index contributed by atoms with van der Waals surface area (Å²) in [7, 11) is 0. The van der Waals surface area contributed by atoms with Crippen molar-refractivity contribution in [1.29, 1.82) is 0 Å². The molecule has 1 heterocycles. The second kappa shape index (κ2) is 9.66. The van der Waals surface area contributed by atoms with Crippen molar-refractivity contribution < 1.29 is 14.0 Å². The maximum atomic E-state index is 14.2. The lowest BCUT2D eigenvalue weighted by Crippen LogP contribution is -2.53. The lowest BCUT2D eigenvalue weighted by molar-refractivity contribution is -0.134. The summed E-state index contributed by atoms with van der Waals surface area (Å²) in [5.74, 6) is -0.342. The predicted molar refractivity (Wildman–Crippen MR) is 118 cm³/mol. The Labute approximate surface area is 186 Å². The third kappa shape index (κ3) is 5.54. The van der Waals surface area contributed by atoms with Crippen LogP contribution < -0.4 is 5.32 Å². The van der Waals surface area contributed by atoms with Crippen LogP contribution in [-0.4, -0.2) is 65.4 Å². The molecule has 2 aromatic carbocycles. The highest BCUT2D eigenvalue weighted by Gasteiger charge is 2.33. The fourth-order valence-electron chi connectivity index (χ4n) is 3.80. The van der Waals surface area contributed by atoms with Crippen LogP contribution in [0.15, 0.2) is 48.5 Å². The van der Waals surface area contributed by atoms with Gasteiger partial charge in [-0.2, -0.15) is 0 Å². The number of anilines is 1. The molecule has 2 fully saturated rings. The zero-order chi connectivity index (χ0) is 21.8. The lowest BCUT2D eigenvalue weighted by atomic mass is 10.2. The number of halogens is 2. The molecule has 0 bridgehead atoms. The van der Waals surface area contributed by atoms with Gasteiger partial charge >= 0.3 is 6.03 Å². The van der Waals surface area contributed by atoms with E-state index in [0.29, 0.717) is 43.3 Å². The van der Waals surface area contributed by atoms with Crippen molar-refractivity contribution in [3.8, 4) is 0 Å². The highest BCUT2D eigenvalue weighted by Crippen LogP contribution is 2.30. The van der Waals surface area contributed by atoms with Crippen LogP contribution in [-0.2, 0) is 11.3 Å². The van der Waals surface area contributed by atoms with Gasteiger partial charge in [0.15, 0.2) is 0 Å². The fourth-order valence-corrected chi connectivity index (χ4v) is 4.02. The first-order valence-corrected chi connectivity index (χ1v) is 10.9. The maximum Gasteiger partial charge on any atom is 0.321 e. The standard InChI is InChI=1S/C23H26ClFN4O2/c24-20-7-4-8-21(25)19(20)15-29(18-9-10-18)16-22(30)27-11-13-28(14-12-27)23(31)26-17-5-2-1-3-6-17/h1-8,18H,9-16H2,(H,26,31). The highest BCUT2D eigenvalue weighted by atomic mass is 35.5. The van der Waals surface area contributed by atoms with Crippen LogP contribution in [0, 0.1) is 5.82 Å². The Kier molecular flexibility index (Phi) is 6.73. The summed E-state index contributed by atoms with van der Waals surface area (Å²) in [5.41, 5.74) is 1.18. The number of hydrogen-bond acceptors (Lipinski definition) is 3. The Hall–Kier alpha value is -2.64. The number of nitrogens with one attached hydrogen (secondary N) is 1. The van der Waals surface area contributed by atoms with Gasteiger partial charge in [0.05, 0.1) is 6.54 Å². The molecule has 2 aliphatic rings. The molecule has 31 heavy (non-hydrogen) atoms. The molecule has 164 valence electrons. The van der Waals surface area contributed by atoms with E-state index in [2.05, 4.69) is 5.32 Å². The number of para-hydroxylation sites is 1. The third-order valence-corrected chi connectivity index (χ3v) is 6.12. The van der Waals surface area contributed by atoms with E-state index >= 15 is 0 Å². The minimum atomic E-state index is -0.344. The Bertz CT molecular complexity index is 910. The molecule has 0 spiro atoms. The Balaban J connectivity index is 1.30. The summed E-state index contributed by atoms with van der Waals surface area (Å²) in [6.07, 6.45) is 2.01. The van der Waals surface area contributed by atoms with E-state index in [9.17, 15) is 14.0 Å². The number of nitrogens with zero attached hydrogens (tertiary/aromatic N) is 3. The summed E-state index contributed by atoms with van der Waals surface area (Å²) in [4.78, 5) is 30.9. The van der Waals surface area contributed by atoms with E-state index in [0.717, 1.165) is 18.5 Å². The van der Waals surface area contributed by atoms with Gasteiger partial charge in [0.25, 0.3) is 0 Å². The largest absolute Gasteiger partial charge is 0.338 e. The van der Waals surface area contributed by atoms with Gasteiger partial charge in [0.2, 0.25) is 5.91 Å². The summed E-state index contributed by atoms with van der Waals surface area (Å²) in [6, 6.07) is 14.1. The second-order valence-corrected chi connectivity index (χ2v) is 8.41. The zero-order valence-corrected chi connectivity index (χ0v) is 18.0. The fraction of sp³-hybridized carbons (Fsp3) is 0.391. The molecular weight excluding hydrogens is 419 g/mol. The molecule has 0 aromatic heterocycles. The molecule has 4 rings (SSSR count). The van der Waals surface area contributed by atoms with Crippen molar-refractivity contribution in [3.63, 3.8) is 0 Å². The van der Waals surface area contributed by atoms with Gasteiger partial charge in [-0.05, 0) is 37.1 Å². The number of urea groups is 1. The molecular formula is C23H26ClFN4O2. The van der Waals surface area contributed by atoms with Crippen LogP contribution >= 0.6 is 11.6 Å². The molecule has 1 aliphatic carbocycles. The highest BCUT2D eigenvalue weighted by molar-refractivity contribution is 6.31. The zero-order valence-electron chi connectivity index (χ0n) is 17.3. The quantitative estimate of drug-likeness (QED) is 0.737. The maximum absolute atomic E-state index is 14.2. The molecule has 1 saturated heterocycles. The average Bonchev–Trinajstić information content (AvgIpc) is 3.62. The van der Waals surface area contributed by atoms with E-state index in [1.54, 1.807) is 21.9 Å². The van der Waals surface area contributed by atoms with Crippen LogP contribution in [0.1, 0.15) is 18.4 Å². The summed E-state index contributed by atoms with van der Waals surface area (Å²) in [5, 5.41) is 3.26. The summed E-state index contributed by atoms with van der Waals surface area (Å²) in [6.45, 7) is 2.48. The average molecular weight is 445 g/mol. The SMILES string of the molecule is O=C(CN(Cc1c(F)cccc1Cl)C1CC1)N1CCN(C(=O)Nc2ccccc2)CC1. The lowest BCUT2D eigenvalue weighted by Gasteiger charge is -2.36. The van der Waals surface area contributed by atoms with Crippen LogP contribution in [0.25, 0.3) is 0 Å². The second-order valence-electron chi connectivity index (χ2n) is 8.00. The Morgan fingerprint density at radius 1 is 1.00 bits per heavy atom. The predicted octanol–water partition coefficient (Wildman–Crippen LogP) is 3.82. The molecule has 6 nitrogen and oxygen atoms in total. The van der Waals surface area contributed by atoms with Crippen molar-refractivity contribution in [3.05, 3.63) is 64.9 Å². The molecule has 2 aromatic rings. The van der Waals surface area contributed by atoms with E-state index < -0.39 is 0 Å². The third-order valence-electron chi connectivity index (χ3n) is 5.77. The first-order chi connectivity index (χ1) is 15.0. The van der Waals surface area contributed by atoms with Crippen molar-refractivity contribution >= 4 is 29.2 Å². The van der Waals surface area contributed by atoms with Crippen molar-refractivity contribution in [2.75, 3.05) is 38.0 Å². The number of carbonyl (C=O) groups excluding carboxylic acids is 2. The number of benzene rings is 2. The van der Waals surface area contributed by atoms with Crippen LogP contribution in [0.2, 0.25) is 5.02 Å². The molecule has 0 radical (unpaired) electrons. The topological polar surface area (TPSA) is 55.9 Å². The van der Waals surface area contributed by atoms with Gasteiger partial charge in [0, 0.05) is 55.0 Å². The van der Waals surface area contributed by atoms with E-state index in [-0.39, 0.29) is 30.3 Å². The summed E-state index contributed by atoms with van der Waals surface area (Å²) >= 11 is 6.18. The first-order valence-electron chi connectivity index (χ1n) is 10.6. The van der Waals surface area contributed by atoms with Gasteiger partial charge in [-0.3, -0.25) is 9.69 Å². The Morgan fingerprint density at radius 2 is 1.68 bits per heavy atom. The van der Waals surface area contributed by atoms with Crippen molar-refractivity contribution in [1.82, 2.24) is 14.7 Å². The molecule has 1 aliphatic heterocycles. The van der Waals surface area contributed by atoms with Gasteiger partial charge in [0.1, 0.15) is 5.82 Å². The van der Waals surface area contributed by atoms with Gasteiger partial charge in [-0.25, -0.2) is 9.18 Å². The van der Waals surface area contributed by atoms with Crippen molar-refractivity contribution in [2.45, 2.75) is 25.4 Å². The van der Waals surface area contributed by atoms with Gasteiger partial charge in [-0.1, -0.05) is 35.9 Å². The smallest absolute Gasteiger partial charge is 0.321 e. The normalized spacial score (nSPS) is 16.5. The number of rotatable bonds is 6. The Morgan fingerprint density at radius 3 is 2.32 bits per heavy atom. The summed E-state index contributed by atoms with van der Waals surface area (Å²) < 4.78 is 14.2. The van der Waals surface area contributed by atoms with Crippen molar-refractivity contribution in [2.24, 2.45) is 0 Å². The van der Waals surface area contributed by atoms with E-state index in [1.165, 1.54) is 6.07 Å². The van der Waals surface area contributed by atoms with Gasteiger partial charge in [-0.15, -0.1) is 0 Å². The van der Waals surface area contributed by atoms with Crippen LogP contribution in [0.5, 0.6) is 0 Å². The number of hydrogen-bond donors (Lipinski definition) is 1. The molecule has 0 unspecified atom stereocenters. The molecule has 0 atom stereocenters. The van der Waals surface area contributed by atoms with E-state index in [4.69, 9.17) is 11.6 Å². The molecule has 8 heteroatoms. The number of amides is 3. The van der Waals surface area contributed by atoms with E-state index in [1.807, 2.05) is 35.2 Å². The molecule has 1 saturated carbocycles. The van der Waals surface area contributed by atoms with Crippen LogP contribution in [0.4, 0.5) is 14.9 Å².